The molecule has 20 heavy (non-hydrogen) atoms. The number of aromatic nitrogens is 2. The Morgan fingerprint density at radius 3 is 2.45 bits per heavy atom. The van der Waals surface area contributed by atoms with E-state index >= 15 is 0 Å². The quantitative estimate of drug-likeness (QED) is 0.785. The molecule has 0 spiro atoms. The van der Waals surface area contributed by atoms with Gasteiger partial charge in [-0.05, 0) is 24.7 Å². The molecule has 0 unspecified atom stereocenters. The number of nitrogens with zero attached hydrogens (tertiary/aromatic N) is 3. The van der Waals surface area contributed by atoms with E-state index in [-0.39, 0.29) is 16.4 Å². The minimum Gasteiger partial charge on any atom is -0.356 e. The van der Waals surface area contributed by atoms with Crippen LogP contribution in [0.3, 0.4) is 0 Å². The van der Waals surface area contributed by atoms with Crippen molar-refractivity contribution in [1.29, 1.82) is 0 Å². The first kappa shape index (κ1) is 15.4. The Bertz CT molecular complexity index is 486. The lowest BCUT2D eigenvalue weighted by Crippen LogP contribution is -2.27. The summed E-state index contributed by atoms with van der Waals surface area (Å²) in [6, 6.07) is 1.40. The van der Waals surface area contributed by atoms with Crippen LogP contribution < -0.4 is 4.90 Å². The molecule has 1 fully saturated rings. The van der Waals surface area contributed by atoms with Crippen LogP contribution in [-0.4, -0.2) is 23.1 Å². The van der Waals surface area contributed by atoms with Crippen LogP contribution in [0.1, 0.15) is 38.9 Å². The fourth-order valence-electron chi connectivity index (χ4n) is 2.65. The van der Waals surface area contributed by atoms with Gasteiger partial charge in [0.25, 0.3) is 0 Å². The molecule has 1 aliphatic heterocycles. The van der Waals surface area contributed by atoms with Gasteiger partial charge in [0.1, 0.15) is 11.0 Å². The number of halogens is 4. The number of hydrogen-bond donors (Lipinski definition) is 0. The molecule has 0 aliphatic carbocycles. The molecule has 1 saturated heterocycles. The molecule has 2 rings (SSSR count). The Hall–Kier alpha value is -1.04. The summed E-state index contributed by atoms with van der Waals surface area (Å²) < 4.78 is 38.2. The third-order valence-electron chi connectivity index (χ3n) is 4.20. The number of anilines is 1. The Morgan fingerprint density at radius 1 is 1.30 bits per heavy atom. The van der Waals surface area contributed by atoms with Gasteiger partial charge in [-0.2, -0.15) is 13.2 Å². The molecule has 0 atom stereocenters. The Morgan fingerprint density at radius 2 is 1.95 bits per heavy atom. The molecule has 1 aromatic rings. The van der Waals surface area contributed by atoms with Crippen LogP contribution in [0.4, 0.5) is 19.0 Å². The van der Waals surface area contributed by atoms with Crippen molar-refractivity contribution < 1.29 is 13.2 Å². The summed E-state index contributed by atoms with van der Waals surface area (Å²) in [4.78, 5) is 8.75. The van der Waals surface area contributed by atoms with E-state index in [0.29, 0.717) is 13.1 Å². The van der Waals surface area contributed by atoms with Gasteiger partial charge in [0.2, 0.25) is 5.82 Å². The molecule has 1 aromatic heterocycles. The highest BCUT2D eigenvalue weighted by atomic mass is 35.5. The molecular weight excluding hydrogens is 291 g/mol. The van der Waals surface area contributed by atoms with Crippen LogP contribution in [0.25, 0.3) is 0 Å². The topological polar surface area (TPSA) is 29.0 Å². The lowest BCUT2D eigenvalue weighted by Gasteiger charge is -2.26. The van der Waals surface area contributed by atoms with Gasteiger partial charge >= 0.3 is 6.18 Å². The molecule has 2 heterocycles. The zero-order valence-corrected chi connectivity index (χ0v) is 12.2. The maximum Gasteiger partial charge on any atom is 0.451 e. The third kappa shape index (κ3) is 3.00. The lowest BCUT2D eigenvalue weighted by molar-refractivity contribution is -0.144. The highest BCUT2D eigenvalue weighted by Gasteiger charge is 2.38. The van der Waals surface area contributed by atoms with Gasteiger partial charge in [0.05, 0.1) is 0 Å². The van der Waals surface area contributed by atoms with E-state index in [1.54, 1.807) is 0 Å². The van der Waals surface area contributed by atoms with Crippen LogP contribution in [0.2, 0.25) is 5.15 Å². The Balaban J connectivity index is 2.29. The van der Waals surface area contributed by atoms with Gasteiger partial charge in [-0.25, -0.2) is 9.97 Å². The molecule has 0 saturated carbocycles. The highest BCUT2D eigenvalue weighted by Crippen LogP contribution is 2.39. The first-order valence-corrected chi connectivity index (χ1v) is 7.04. The zero-order valence-electron chi connectivity index (χ0n) is 11.5. The van der Waals surface area contributed by atoms with E-state index in [1.807, 2.05) is 4.90 Å². The second-order valence-electron chi connectivity index (χ2n) is 5.25. The van der Waals surface area contributed by atoms with E-state index in [0.717, 1.165) is 19.3 Å². The number of rotatable bonds is 3. The van der Waals surface area contributed by atoms with Crippen molar-refractivity contribution in [3.05, 3.63) is 17.0 Å². The predicted molar refractivity (Wildman–Crippen MR) is 71.9 cm³/mol. The lowest BCUT2D eigenvalue weighted by atomic mass is 9.82. The van der Waals surface area contributed by atoms with Gasteiger partial charge in [-0.15, -0.1) is 0 Å². The monoisotopic (exact) mass is 307 g/mol. The van der Waals surface area contributed by atoms with Gasteiger partial charge in [-0.1, -0.05) is 25.4 Å². The van der Waals surface area contributed by atoms with Crippen LogP contribution in [0.15, 0.2) is 6.07 Å². The van der Waals surface area contributed by atoms with Gasteiger partial charge < -0.3 is 4.90 Å². The first-order chi connectivity index (χ1) is 9.29. The van der Waals surface area contributed by atoms with Crippen molar-refractivity contribution in [2.45, 2.75) is 39.3 Å². The Labute approximate surface area is 121 Å². The smallest absolute Gasteiger partial charge is 0.356 e. The summed E-state index contributed by atoms with van der Waals surface area (Å²) in [5.41, 5.74) is 0.163. The van der Waals surface area contributed by atoms with E-state index in [1.165, 1.54) is 6.07 Å². The first-order valence-electron chi connectivity index (χ1n) is 6.66. The maximum atomic E-state index is 12.7. The molecule has 0 aromatic carbocycles. The van der Waals surface area contributed by atoms with Crippen LogP contribution in [0.5, 0.6) is 0 Å². The second-order valence-corrected chi connectivity index (χ2v) is 5.64. The van der Waals surface area contributed by atoms with Crippen molar-refractivity contribution in [2.24, 2.45) is 5.41 Å². The maximum absolute atomic E-state index is 12.7. The molecule has 0 radical (unpaired) electrons. The summed E-state index contributed by atoms with van der Waals surface area (Å²) >= 11 is 5.70. The van der Waals surface area contributed by atoms with Crippen molar-refractivity contribution in [1.82, 2.24) is 9.97 Å². The van der Waals surface area contributed by atoms with Crippen molar-refractivity contribution in [3.8, 4) is 0 Å². The summed E-state index contributed by atoms with van der Waals surface area (Å²) in [6.07, 6.45) is -1.61. The van der Waals surface area contributed by atoms with Crippen molar-refractivity contribution in [2.75, 3.05) is 18.0 Å². The largest absolute Gasteiger partial charge is 0.451 e. The van der Waals surface area contributed by atoms with Crippen molar-refractivity contribution in [3.63, 3.8) is 0 Å². The van der Waals surface area contributed by atoms with E-state index < -0.39 is 12.0 Å². The third-order valence-corrected chi connectivity index (χ3v) is 4.39. The number of hydrogen-bond acceptors (Lipinski definition) is 3. The van der Waals surface area contributed by atoms with E-state index in [4.69, 9.17) is 11.6 Å². The summed E-state index contributed by atoms with van der Waals surface area (Å²) in [5.74, 6) is -0.911. The molecule has 7 heteroatoms. The SMILES string of the molecule is CCC1(CC)CCN(c2cc(Cl)nc(C(F)(F)F)n2)C1. The van der Waals surface area contributed by atoms with Gasteiger partial charge in [-0.3, -0.25) is 0 Å². The van der Waals surface area contributed by atoms with Gasteiger partial charge in [0.15, 0.2) is 0 Å². The number of alkyl halides is 3. The average molecular weight is 308 g/mol. The standard InChI is InChI=1S/C13H17ClF3N3/c1-3-12(4-2)5-6-20(8-12)10-7-9(14)18-11(19-10)13(15,16)17/h7H,3-6,8H2,1-2H3. The second kappa shape index (κ2) is 5.39. The van der Waals surface area contributed by atoms with Gasteiger partial charge in [0, 0.05) is 19.2 Å². The minimum atomic E-state index is -4.58. The molecule has 112 valence electrons. The summed E-state index contributed by atoms with van der Waals surface area (Å²) in [6.45, 7) is 5.64. The van der Waals surface area contributed by atoms with Crippen molar-refractivity contribution >= 4 is 17.4 Å². The van der Waals surface area contributed by atoms with E-state index in [9.17, 15) is 13.2 Å². The zero-order chi connectivity index (χ0) is 15.0. The van der Waals surface area contributed by atoms with Crippen LogP contribution in [-0.2, 0) is 6.18 Å². The summed E-state index contributed by atoms with van der Waals surface area (Å²) in [5, 5.41) is -0.173. The highest BCUT2D eigenvalue weighted by molar-refractivity contribution is 6.29. The van der Waals surface area contributed by atoms with E-state index in [2.05, 4.69) is 23.8 Å². The fourth-order valence-corrected chi connectivity index (χ4v) is 2.83. The normalized spacial score (nSPS) is 18.6. The molecule has 0 N–H and O–H groups in total. The molecule has 3 nitrogen and oxygen atoms in total. The molecular formula is C13H17ClF3N3. The molecule has 0 bridgehead atoms. The molecule has 0 amide bonds. The van der Waals surface area contributed by atoms with Crippen LogP contribution >= 0.6 is 11.6 Å². The Kier molecular flexibility index (Phi) is 4.14. The summed E-state index contributed by atoms with van der Waals surface area (Å²) in [7, 11) is 0. The van der Waals surface area contributed by atoms with Crippen LogP contribution in [0, 0.1) is 5.41 Å². The average Bonchev–Trinajstić information content (AvgIpc) is 2.82. The predicted octanol–water partition coefficient (Wildman–Crippen LogP) is 4.17. The fraction of sp³-hybridized carbons (Fsp3) is 0.692. The minimum absolute atomic E-state index is 0.163. The molecule has 1 aliphatic rings.